The molecule has 114 valence electrons. The summed E-state index contributed by atoms with van der Waals surface area (Å²) in [6, 6.07) is 4.96. The predicted octanol–water partition coefficient (Wildman–Crippen LogP) is 3.43. The molecule has 0 aromatic carbocycles. The van der Waals surface area contributed by atoms with Gasteiger partial charge in [-0.25, -0.2) is 0 Å². The van der Waals surface area contributed by atoms with E-state index in [0.717, 1.165) is 12.8 Å². The van der Waals surface area contributed by atoms with Crippen LogP contribution in [0.3, 0.4) is 0 Å². The molecule has 0 fully saturated rings. The third-order valence-corrected chi connectivity index (χ3v) is 5.85. The molecule has 0 saturated heterocycles. The quantitative estimate of drug-likeness (QED) is 0.848. The molecule has 0 saturated carbocycles. The molecular formula is C15H20BrN3OS. The van der Waals surface area contributed by atoms with Crippen molar-refractivity contribution in [3.63, 3.8) is 0 Å². The van der Waals surface area contributed by atoms with E-state index in [1.807, 2.05) is 10.9 Å². The zero-order chi connectivity index (χ0) is 14.8. The number of aliphatic hydroxyl groups is 1. The molecule has 6 heteroatoms. The van der Waals surface area contributed by atoms with E-state index in [4.69, 9.17) is 5.11 Å². The number of rotatable bonds is 5. The van der Waals surface area contributed by atoms with Crippen LogP contribution in [0.5, 0.6) is 0 Å². The molecule has 2 heterocycles. The first-order valence-corrected chi connectivity index (χ1v) is 8.96. The normalized spacial score (nSPS) is 19.5. The van der Waals surface area contributed by atoms with Gasteiger partial charge in [-0.15, -0.1) is 11.3 Å². The van der Waals surface area contributed by atoms with Crippen LogP contribution in [-0.2, 0) is 13.0 Å². The first-order valence-electron chi connectivity index (χ1n) is 7.35. The summed E-state index contributed by atoms with van der Waals surface area (Å²) in [6.45, 7) is 2.95. The van der Waals surface area contributed by atoms with E-state index in [2.05, 4.69) is 45.4 Å². The molecule has 0 radical (unpaired) electrons. The van der Waals surface area contributed by atoms with Crippen molar-refractivity contribution in [3.8, 4) is 0 Å². The zero-order valence-corrected chi connectivity index (χ0v) is 14.5. The van der Waals surface area contributed by atoms with Crippen LogP contribution in [0.25, 0.3) is 0 Å². The second-order valence-electron chi connectivity index (χ2n) is 5.47. The molecule has 2 aromatic heterocycles. The Bertz CT molecular complexity index is 610. The van der Waals surface area contributed by atoms with Crippen LogP contribution in [0.4, 0.5) is 0 Å². The Morgan fingerprint density at radius 3 is 3.14 bits per heavy atom. The fourth-order valence-electron chi connectivity index (χ4n) is 3.02. The lowest BCUT2D eigenvalue weighted by molar-refractivity contribution is 0.266. The van der Waals surface area contributed by atoms with E-state index in [0.29, 0.717) is 18.6 Å². The number of fused-ring (bicyclic) bond motifs is 1. The van der Waals surface area contributed by atoms with Crippen LogP contribution in [0.15, 0.2) is 22.1 Å². The van der Waals surface area contributed by atoms with Crippen LogP contribution in [0.1, 0.15) is 48.0 Å². The standard InChI is InChI=1S/C15H20BrN3OS/c1-10(14-5-6-15(16)21-14)18-12-3-2-4-13-11(12)9-17-19(13)7-8-20/h5-6,9-10,12,18,20H,2-4,7-8H2,1H3. The monoisotopic (exact) mass is 369 g/mol. The number of halogens is 1. The molecule has 0 bridgehead atoms. The molecule has 1 aliphatic carbocycles. The van der Waals surface area contributed by atoms with E-state index < -0.39 is 0 Å². The van der Waals surface area contributed by atoms with Crippen LogP contribution >= 0.6 is 27.3 Å². The van der Waals surface area contributed by atoms with Crippen molar-refractivity contribution in [2.24, 2.45) is 0 Å². The fourth-order valence-corrected chi connectivity index (χ4v) is 4.46. The van der Waals surface area contributed by atoms with Crippen LogP contribution in [0, 0.1) is 0 Å². The van der Waals surface area contributed by atoms with Gasteiger partial charge in [-0.05, 0) is 54.2 Å². The first-order chi connectivity index (χ1) is 10.2. The summed E-state index contributed by atoms with van der Waals surface area (Å²) in [6.07, 6.45) is 5.35. The molecule has 2 aromatic rings. The molecule has 21 heavy (non-hydrogen) atoms. The average Bonchev–Trinajstić information content (AvgIpc) is 3.07. The largest absolute Gasteiger partial charge is 0.394 e. The molecule has 0 amide bonds. The molecule has 0 aliphatic heterocycles. The molecule has 1 aliphatic rings. The van der Waals surface area contributed by atoms with Gasteiger partial charge in [0.05, 0.1) is 23.1 Å². The number of nitrogens with one attached hydrogen (secondary N) is 1. The lowest BCUT2D eigenvalue weighted by Crippen LogP contribution is -2.27. The summed E-state index contributed by atoms with van der Waals surface area (Å²) < 4.78 is 3.13. The van der Waals surface area contributed by atoms with Crippen LogP contribution in [-0.4, -0.2) is 21.5 Å². The van der Waals surface area contributed by atoms with Gasteiger partial charge in [0.15, 0.2) is 0 Å². The van der Waals surface area contributed by atoms with Crippen LogP contribution < -0.4 is 5.32 Å². The van der Waals surface area contributed by atoms with Gasteiger partial charge in [-0.2, -0.15) is 5.10 Å². The highest BCUT2D eigenvalue weighted by Gasteiger charge is 2.25. The van der Waals surface area contributed by atoms with Gasteiger partial charge in [0, 0.05) is 28.2 Å². The van der Waals surface area contributed by atoms with Crippen LogP contribution in [0.2, 0.25) is 0 Å². The number of thiophene rings is 1. The topological polar surface area (TPSA) is 50.1 Å². The van der Waals surface area contributed by atoms with Gasteiger partial charge in [-0.1, -0.05) is 0 Å². The number of hydrogen-bond acceptors (Lipinski definition) is 4. The number of hydrogen-bond donors (Lipinski definition) is 2. The molecule has 2 unspecified atom stereocenters. The van der Waals surface area contributed by atoms with Crippen molar-refractivity contribution in [1.82, 2.24) is 15.1 Å². The van der Waals surface area contributed by atoms with Gasteiger partial charge < -0.3 is 10.4 Å². The zero-order valence-electron chi connectivity index (χ0n) is 12.1. The maximum atomic E-state index is 9.12. The second-order valence-corrected chi connectivity index (χ2v) is 7.96. The Balaban J connectivity index is 1.76. The van der Waals surface area contributed by atoms with E-state index in [9.17, 15) is 0 Å². The summed E-state index contributed by atoms with van der Waals surface area (Å²) in [7, 11) is 0. The van der Waals surface area contributed by atoms with Gasteiger partial charge >= 0.3 is 0 Å². The summed E-state index contributed by atoms with van der Waals surface area (Å²) in [5, 5.41) is 17.3. The molecule has 2 N–H and O–H groups in total. The lowest BCUT2D eigenvalue weighted by Gasteiger charge is -2.27. The summed E-state index contributed by atoms with van der Waals surface area (Å²) >= 11 is 5.31. The van der Waals surface area contributed by atoms with Crippen molar-refractivity contribution in [2.75, 3.05) is 6.61 Å². The average molecular weight is 370 g/mol. The molecule has 3 rings (SSSR count). The van der Waals surface area contributed by atoms with Gasteiger partial charge in [-0.3, -0.25) is 4.68 Å². The summed E-state index contributed by atoms with van der Waals surface area (Å²) in [5.41, 5.74) is 2.59. The second kappa shape index (κ2) is 6.60. The van der Waals surface area contributed by atoms with Gasteiger partial charge in [0.25, 0.3) is 0 Å². The first kappa shape index (κ1) is 15.2. The van der Waals surface area contributed by atoms with E-state index >= 15 is 0 Å². The van der Waals surface area contributed by atoms with E-state index in [-0.39, 0.29) is 6.61 Å². The predicted molar refractivity (Wildman–Crippen MR) is 88.6 cm³/mol. The smallest absolute Gasteiger partial charge is 0.0701 e. The minimum absolute atomic E-state index is 0.145. The lowest BCUT2D eigenvalue weighted by atomic mass is 9.92. The van der Waals surface area contributed by atoms with Gasteiger partial charge in [0.2, 0.25) is 0 Å². The Kier molecular flexibility index (Phi) is 4.78. The Morgan fingerprint density at radius 1 is 1.57 bits per heavy atom. The number of aliphatic hydroxyl groups excluding tert-OH is 1. The van der Waals surface area contributed by atoms with E-state index in [1.165, 1.54) is 26.3 Å². The molecule has 0 spiro atoms. The minimum atomic E-state index is 0.145. The minimum Gasteiger partial charge on any atom is -0.394 e. The Morgan fingerprint density at radius 2 is 2.43 bits per heavy atom. The fraction of sp³-hybridized carbons (Fsp3) is 0.533. The third-order valence-electron chi connectivity index (χ3n) is 4.05. The SMILES string of the molecule is CC(NC1CCCc2c1cnn2CCO)c1ccc(Br)s1. The Labute approximate surface area is 137 Å². The third kappa shape index (κ3) is 3.23. The maximum absolute atomic E-state index is 9.12. The highest BCUT2D eigenvalue weighted by atomic mass is 79.9. The van der Waals surface area contributed by atoms with Crippen molar-refractivity contribution in [2.45, 2.75) is 44.8 Å². The highest BCUT2D eigenvalue weighted by Crippen LogP contribution is 2.33. The van der Waals surface area contributed by atoms with Crippen molar-refractivity contribution in [3.05, 3.63) is 38.3 Å². The molecular weight excluding hydrogens is 350 g/mol. The summed E-state index contributed by atoms with van der Waals surface area (Å²) in [5.74, 6) is 0. The molecule has 4 nitrogen and oxygen atoms in total. The Hall–Kier alpha value is -0.690. The number of aromatic nitrogens is 2. The highest BCUT2D eigenvalue weighted by molar-refractivity contribution is 9.11. The van der Waals surface area contributed by atoms with Crippen molar-refractivity contribution in [1.29, 1.82) is 0 Å². The summed E-state index contributed by atoms with van der Waals surface area (Å²) in [4.78, 5) is 1.34. The molecule has 2 atom stereocenters. The van der Waals surface area contributed by atoms with Gasteiger partial charge in [0.1, 0.15) is 0 Å². The maximum Gasteiger partial charge on any atom is 0.0701 e. The van der Waals surface area contributed by atoms with E-state index in [1.54, 1.807) is 11.3 Å². The van der Waals surface area contributed by atoms with Crippen molar-refractivity contribution < 1.29 is 5.11 Å². The van der Waals surface area contributed by atoms with Crippen molar-refractivity contribution >= 4 is 27.3 Å². The number of nitrogens with zero attached hydrogens (tertiary/aromatic N) is 2.